The van der Waals surface area contributed by atoms with E-state index in [-0.39, 0.29) is 5.91 Å². The summed E-state index contributed by atoms with van der Waals surface area (Å²) in [5, 5.41) is 3.04. The van der Waals surface area contributed by atoms with Gasteiger partial charge in [0.2, 0.25) is 0 Å². The van der Waals surface area contributed by atoms with Gasteiger partial charge >= 0.3 is 0 Å². The van der Waals surface area contributed by atoms with Crippen molar-refractivity contribution in [2.75, 3.05) is 13.2 Å². The summed E-state index contributed by atoms with van der Waals surface area (Å²) < 4.78 is 8.32. The molecule has 0 bridgehead atoms. The van der Waals surface area contributed by atoms with E-state index in [9.17, 15) is 4.79 Å². The molecule has 0 unspecified atom stereocenters. The number of ether oxygens (including phenoxy) is 1. The number of aryl methyl sites for hydroxylation is 4. The van der Waals surface area contributed by atoms with E-state index in [1.165, 1.54) is 5.56 Å². The molecular weight excluding hydrogens is 410 g/mol. The number of carbonyl (C=O) groups excluding carboxylic acids is 1. The Morgan fingerprint density at radius 3 is 2.58 bits per heavy atom. The maximum Gasteiger partial charge on any atom is 0.251 e. The smallest absolute Gasteiger partial charge is 0.251 e. The molecule has 0 spiro atoms. The number of benzene rings is 3. The lowest BCUT2D eigenvalue weighted by Crippen LogP contribution is -2.25. The van der Waals surface area contributed by atoms with Crippen LogP contribution in [-0.4, -0.2) is 28.6 Å². The molecule has 1 amide bonds. The van der Waals surface area contributed by atoms with Crippen LogP contribution in [0.3, 0.4) is 0 Å². The molecular formula is C28H31N3O2. The Morgan fingerprint density at radius 1 is 0.970 bits per heavy atom. The van der Waals surface area contributed by atoms with Gasteiger partial charge in [0.1, 0.15) is 18.2 Å². The molecule has 4 rings (SSSR count). The van der Waals surface area contributed by atoms with Crippen LogP contribution in [0.4, 0.5) is 0 Å². The molecule has 1 aromatic heterocycles. The first-order chi connectivity index (χ1) is 16.0. The summed E-state index contributed by atoms with van der Waals surface area (Å²) in [7, 11) is 0. The highest BCUT2D eigenvalue weighted by molar-refractivity contribution is 5.95. The molecule has 0 saturated heterocycles. The van der Waals surface area contributed by atoms with Crippen LogP contribution in [0.5, 0.6) is 5.75 Å². The topological polar surface area (TPSA) is 56.1 Å². The van der Waals surface area contributed by atoms with E-state index in [1.807, 2.05) is 55.5 Å². The first-order valence-corrected chi connectivity index (χ1v) is 11.5. The summed E-state index contributed by atoms with van der Waals surface area (Å²) >= 11 is 0. The number of aromatic nitrogens is 2. The van der Waals surface area contributed by atoms with Gasteiger partial charge in [0, 0.05) is 18.5 Å². The molecule has 3 aromatic carbocycles. The number of rotatable bonds is 9. The van der Waals surface area contributed by atoms with Crippen LogP contribution in [0.2, 0.25) is 0 Å². The molecule has 0 atom stereocenters. The summed E-state index contributed by atoms with van der Waals surface area (Å²) in [5.74, 6) is 1.92. The lowest BCUT2D eigenvalue weighted by atomic mass is 10.1. The van der Waals surface area contributed by atoms with Gasteiger partial charge < -0.3 is 14.6 Å². The molecule has 0 radical (unpaired) electrons. The minimum Gasteiger partial charge on any atom is -0.491 e. The molecule has 1 heterocycles. The lowest BCUT2D eigenvalue weighted by molar-refractivity contribution is 0.0952. The molecule has 5 heteroatoms. The van der Waals surface area contributed by atoms with Gasteiger partial charge in [0.15, 0.2) is 0 Å². The molecule has 0 aliphatic heterocycles. The Kier molecular flexibility index (Phi) is 7.08. The largest absolute Gasteiger partial charge is 0.491 e. The number of imidazole rings is 1. The SMILES string of the molecule is Cc1ccc(OCCn2c(CCCNC(=O)c3ccccc3C)nc3ccccc32)c(C)c1. The first kappa shape index (κ1) is 22.6. The normalized spacial score (nSPS) is 11.0. The van der Waals surface area contributed by atoms with Crippen LogP contribution in [-0.2, 0) is 13.0 Å². The molecule has 5 nitrogen and oxygen atoms in total. The van der Waals surface area contributed by atoms with E-state index in [2.05, 4.69) is 41.9 Å². The number of nitrogens with zero attached hydrogens (tertiary/aromatic N) is 2. The third-order valence-corrected chi connectivity index (χ3v) is 5.89. The van der Waals surface area contributed by atoms with E-state index in [0.29, 0.717) is 13.2 Å². The van der Waals surface area contributed by atoms with Gasteiger partial charge in [-0.25, -0.2) is 4.98 Å². The van der Waals surface area contributed by atoms with Crippen LogP contribution in [0.25, 0.3) is 11.0 Å². The summed E-state index contributed by atoms with van der Waals surface area (Å²) in [6.07, 6.45) is 1.60. The Hall–Kier alpha value is -3.60. The summed E-state index contributed by atoms with van der Waals surface area (Å²) in [6, 6.07) is 22.1. The first-order valence-electron chi connectivity index (χ1n) is 11.5. The number of para-hydroxylation sites is 2. The number of hydrogen-bond acceptors (Lipinski definition) is 3. The van der Waals surface area contributed by atoms with Gasteiger partial charge in [-0.05, 0) is 62.6 Å². The average Bonchev–Trinajstić information content (AvgIpc) is 3.16. The molecule has 0 fully saturated rings. The second-order valence-corrected chi connectivity index (χ2v) is 8.46. The summed E-state index contributed by atoms with van der Waals surface area (Å²) in [4.78, 5) is 17.3. The van der Waals surface area contributed by atoms with Crippen molar-refractivity contribution in [3.63, 3.8) is 0 Å². The van der Waals surface area contributed by atoms with Crippen LogP contribution in [0.15, 0.2) is 66.7 Å². The standard InChI is InChI=1S/C28H31N3O2/c1-20-14-15-26(22(3)19-20)33-18-17-31-25-12-7-6-11-24(25)30-27(31)13-8-16-29-28(32)23-10-5-4-9-21(23)2/h4-7,9-12,14-15,19H,8,13,16-18H2,1-3H3,(H,29,32). The van der Waals surface area contributed by atoms with Crippen molar-refractivity contribution in [1.29, 1.82) is 0 Å². The second kappa shape index (κ2) is 10.3. The number of fused-ring (bicyclic) bond motifs is 1. The van der Waals surface area contributed by atoms with Gasteiger partial charge in [0.25, 0.3) is 5.91 Å². The van der Waals surface area contributed by atoms with E-state index < -0.39 is 0 Å². The fourth-order valence-corrected chi connectivity index (χ4v) is 4.15. The predicted molar refractivity (Wildman–Crippen MR) is 133 cm³/mol. The fourth-order valence-electron chi connectivity index (χ4n) is 4.15. The number of amides is 1. The van der Waals surface area contributed by atoms with Crippen molar-refractivity contribution >= 4 is 16.9 Å². The lowest BCUT2D eigenvalue weighted by Gasteiger charge is -2.13. The highest BCUT2D eigenvalue weighted by Gasteiger charge is 2.12. The van der Waals surface area contributed by atoms with Gasteiger partial charge in [0.05, 0.1) is 17.6 Å². The van der Waals surface area contributed by atoms with Crippen LogP contribution in [0.1, 0.15) is 39.3 Å². The van der Waals surface area contributed by atoms with Crippen molar-refractivity contribution in [3.8, 4) is 5.75 Å². The molecule has 33 heavy (non-hydrogen) atoms. The highest BCUT2D eigenvalue weighted by atomic mass is 16.5. The minimum absolute atomic E-state index is 0.0246. The van der Waals surface area contributed by atoms with Crippen molar-refractivity contribution in [1.82, 2.24) is 14.9 Å². The Labute approximate surface area is 195 Å². The predicted octanol–water partition coefficient (Wildman–Crippen LogP) is 5.40. The molecule has 170 valence electrons. The van der Waals surface area contributed by atoms with E-state index >= 15 is 0 Å². The zero-order valence-electron chi connectivity index (χ0n) is 19.6. The number of carbonyl (C=O) groups is 1. The van der Waals surface area contributed by atoms with Crippen molar-refractivity contribution in [2.24, 2.45) is 0 Å². The third-order valence-electron chi connectivity index (χ3n) is 5.89. The van der Waals surface area contributed by atoms with E-state index in [4.69, 9.17) is 9.72 Å². The third kappa shape index (κ3) is 5.43. The van der Waals surface area contributed by atoms with E-state index in [1.54, 1.807) is 0 Å². The van der Waals surface area contributed by atoms with Gasteiger partial charge in [-0.1, -0.05) is 48.0 Å². The summed E-state index contributed by atoms with van der Waals surface area (Å²) in [6.45, 7) is 8.02. The Morgan fingerprint density at radius 2 is 1.76 bits per heavy atom. The zero-order valence-corrected chi connectivity index (χ0v) is 19.6. The van der Waals surface area contributed by atoms with Crippen LogP contribution in [0, 0.1) is 20.8 Å². The highest BCUT2D eigenvalue weighted by Crippen LogP contribution is 2.20. The maximum absolute atomic E-state index is 12.5. The van der Waals surface area contributed by atoms with Gasteiger partial charge in [-0.2, -0.15) is 0 Å². The number of nitrogens with one attached hydrogen (secondary N) is 1. The summed E-state index contributed by atoms with van der Waals surface area (Å²) in [5.41, 5.74) is 6.20. The molecule has 0 aliphatic carbocycles. The zero-order chi connectivity index (χ0) is 23.2. The Balaban J connectivity index is 1.38. The fraction of sp³-hybridized carbons (Fsp3) is 0.286. The second-order valence-electron chi connectivity index (χ2n) is 8.46. The Bertz CT molecular complexity index is 1260. The van der Waals surface area contributed by atoms with Crippen LogP contribution >= 0.6 is 0 Å². The van der Waals surface area contributed by atoms with E-state index in [0.717, 1.165) is 58.7 Å². The molecule has 1 N–H and O–H groups in total. The van der Waals surface area contributed by atoms with Crippen LogP contribution < -0.4 is 10.1 Å². The van der Waals surface area contributed by atoms with Gasteiger partial charge in [-0.3, -0.25) is 4.79 Å². The molecule has 0 saturated carbocycles. The van der Waals surface area contributed by atoms with Gasteiger partial charge in [-0.15, -0.1) is 0 Å². The minimum atomic E-state index is -0.0246. The molecule has 4 aromatic rings. The number of hydrogen-bond donors (Lipinski definition) is 1. The monoisotopic (exact) mass is 441 g/mol. The molecule has 0 aliphatic rings. The maximum atomic E-state index is 12.5. The van der Waals surface area contributed by atoms with Crippen molar-refractivity contribution < 1.29 is 9.53 Å². The average molecular weight is 442 g/mol. The van der Waals surface area contributed by atoms with Crippen molar-refractivity contribution in [2.45, 2.75) is 40.2 Å². The van der Waals surface area contributed by atoms with Crippen molar-refractivity contribution in [3.05, 3.63) is 94.8 Å². The quantitative estimate of drug-likeness (QED) is 0.354.